The number of aryl methyl sites for hydroxylation is 1. The fraction of sp³-hybridized carbons (Fsp3) is 0.235. The molecule has 5 nitrogen and oxygen atoms in total. The second kappa shape index (κ2) is 7.28. The van der Waals surface area contributed by atoms with E-state index >= 15 is 0 Å². The SMILES string of the molecule is COc1cccc(CS(=O)(=O)CC(=O)Nc2ccccc2C)c1. The Kier molecular flexibility index (Phi) is 5.39. The van der Waals surface area contributed by atoms with Gasteiger partial charge in [-0.2, -0.15) is 0 Å². The minimum Gasteiger partial charge on any atom is -0.497 e. The number of nitrogens with one attached hydrogen (secondary N) is 1. The molecule has 0 fully saturated rings. The predicted molar refractivity (Wildman–Crippen MR) is 90.3 cm³/mol. The van der Waals surface area contributed by atoms with Crippen LogP contribution in [0.4, 0.5) is 5.69 Å². The topological polar surface area (TPSA) is 72.5 Å². The quantitative estimate of drug-likeness (QED) is 0.882. The summed E-state index contributed by atoms with van der Waals surface area (Å²) in [6.07, 6.45) is 0. The van der Waals surface area contributed by atoms with Crippen LogP contribution in [0.1, 0.15) is 11.1 Å². The lowest BCUT2D eigenvalue weighted by Gasteiger charge is -2.09. The molecule has 2 aromatic rings. The van der Waals surface area contributed by atoms with Crippen LogP contribution in [0.25, 0.3) is 0 Å². The third kappa shape index (κ3) is 5.10. The van der Waals surface area contributed by atoms with Crippen molar-refractivity contribution in [2.45, 2.75) is 12.7 Å². The van der Waals surface area contributed by atoms with Crippen molar-refractivity contribution in [3.63, 3.8) is 0 Å². The van der Waals surface area contributed by atoms with Gasteiger partial charge in [-0.1, -0.05) is 30.3 Å². The van der Waals surface area contributed by atoms with Crippen molar-refractivity contribution in [1.29, 1.82) is 0 Å². The monoisotopic (exact) mass is 333 g/mol. The van der Waals surface area contributed by atoms with E-state index in [-0.39, 0.29) is 5.75 Å². The first-order valence-electron chi connectivity index (χ1n) is 7.08. The number of rotatable bonds is 6. The van der Waals surface area contributed by atoms with Crippen LogP contribution in [-0.2, 0) is 20.4 Å². The van der Waals surface area contributed by atoms with Gasteiger partial charge in [0.1, 0.15) is 11.5 Å². The number of sulfone groups is 1. The van der Waals surface area contributed by atoms with Crippen LogP contribution in [0, 0.1) is 6.92 Å². The molecule has 0 spiro atoms. The summed E-state index contributed by atoms with van der Waals surface area (Å²) in [5.74, 6) is -0.714. The second-order valence-corrected chi connectivity index (χ2v) is 7.31. The molecule has 0 bridgehead atoms. The average Bonchev–Trinajstić information content (AvgIpc) is 2.48. The Morgan fingerprint density at radius 1 is 1.13 bits per heavy atom. The van der Waals surface area contributed by atoms with Crippen molar-refractivity contribution in [1.82, 2.24) is 0 Å². The molecule has 0 aliphatic heterocycles. The van der Waals surface area contributed by atoms with E-state index in [1.807, 2.05) is 19.1 Å². The summed E-state index contributed by atoms with van der Waals surface area (Å²) in [4.78, 5) is 12.0. The first-order chi connectivity index (χ1) is 10.9. The molecule has 6 heteroatoms. The van der Waals surface area contributed by atoms with E-state index in [9.17, 15) is 13.2 Å². The van der Waals surface area contributed by atoms with E-state index in [2.05, 4.69) is 5.32 Å². The average molecular weight is 333 g/mol. The molecule has 0 aliphatic rings. The van der Waals surface area contributed by atoms with Gasteiger partial charge in [-0.15, -0.1) is 0 Å². The van der Waals surface area contributed by atoms with Gasteiger partial charge in [0.25, 0.3) is 0 Å². The van der Waals surface area contributed by atoms with Crippen LogP contribution in [0.2, 0.25) is 0 Å². The number of amides is 1. The minimum absolute atomic E-state index is 0.203. The maximum Gasteiger partial charge on any atom is 0.239 e. The van der Waals surface area contributed by atoms with E-state index < -0.39 is 21.5 Å². The fourth-order valence-corrected chi connectivity index (χ4v) is 3.43. The van der Waals surface area contributed by atoms with Gasteiger partial charge in [-0.25, -0.2) is 8.42 Å². The van der Waals surface area contributed by atoms with E-state index in [4.69, 9.17) is 4.74 Å². The fourth-order valence-electron chi connectivity index (χ4n) is 2.17. The Balaban J connectivity index is 2.03. The normalized spacial score (nSPS) is 11.0. The molecule has 1 amide bonds. The summed E-state index contributed by atoms with van der Waals surface area (Å²) in [6.45, 7) is 1.85. The third-order valence-corrected chi connectivity index (χ3v) is 4.77. The van der Waals surface area contributed by atoms with Gasteiger partial charge < -0.3 is 10.1 Å². The highest BCUT2D eigenvalue weighted by molar-refractivity contribution is 7.91. The summed E-state index contributed by atoms with van der Waals surface area (Å²) < 4.78 is 29.4. The summed E-state index contributed by atoms with van der Waals surface area (Å²) in [5, 5.41) is 2.63. The number of hydrogen-bond acceptors (Lipinski definition) is 4. The van der Waals surface area contributed by atoms with Crippen molar-refractivity contribution in [2.75, 3.05) is 18.2 Å². The zero-order valence-corrected chi connectivity index (χ0v) is 13.9. The molecule has 1 N–H and O–H groups in total. The zero-order valence-electron chi connectivity index (χ0n) is 13.1. The standard InChI is InChI=1S/C17H19NO4S/c1-13-6-3-4-9-16(13)18-17(19)12-23(20,21)11-14-7-5-8-15(10-14)22-2/h3-10H,11-12H2,1-2H3,(H,18,19). The summed E-state index contributed by atoms with van der Waals surface area (Å²) >= 11 is 0. The molecule has 0 aromatic heterocycles. The van der Waals surface area contributed by atoms with Crippen molar-refractivity contribution >= 4 is 21.4 Å². The number of benzene rings is 2. The van der Waals surface area contributed by atoms with Crippen LogP contribution < -0.4 is 10.1 Å². The largest absolute Gasteiger partial charge is 0.497 e. The van der Waals surface area contributed by atoms with E-state index in [0.29, 0.717) is 17.0 Å². The Bertz CT molecular complexity index is 800. The lowest BCUT2D eigenvalue weighted by Crippen LogP contribution is -2.24. The molecule has 0 heterocycles. The number of hydrogen-bond donors (Lipinski definition) is 1. The summed E-state index contributed by atoms with van der Waals surface area (Å²) in [7, 11) is -2.04. The molecule has 0 saturated heterocycles. The molecule has 0 radical (unpaired) electrons. The molecule has 122 valence electrons. The molecule has 2 aromatic carbocycles. The van der Waals surface area contributed by atoms with Crippen LogP contribution in [0.3, 0.4) is 0 Å². The smallest absolute Gasteiger partial charge is 0.239 e. The number of anilines is 1. The number of methoxy groups -OCH3 is 1. The van der Waals surface area contributed by atoms with E-state index in [0.717, 1.165) is 5.56 Å². The van der Waals surface area contributed by atoms with Gasteiger partial charge in [0.05, 0.1) is 12.9 Å². The summed E-state index contributed by atoms with van der Waals surface area (Å²) in [6, 6.07) is 14.0. The van der Waals surface area contributed by atoms with Gasteiger partial charge in [-0.05, 0) is 36.2 Å². The van der Waals surface area contributed by atoms with Crippen LogP contribution >= 0.6 is 0 Å². The molecule has 23 heavy (non-hydrogen) atoms. The first-order valence-corrected chi connectivity index (χ1v) is 8.90. The van der Waals surface area contributed by atoms with Gasteiger partial charge >= 0.3 is 0 Å². The minimum atomic E-state index is -3.56. The highest BCUT2D eigenvalue weighted by Crippen LogP contribution is 2.16. The molecule has 0 atom stereocenters. The number of carbonyl (C=O) groups is 1. The molecular weight excluding hydrogens is 314 g/mol. The van der Waals surface area contributed by atoms with Crippen molar-refractivity contribution in [2.24, 2.45) is 0 Å². The number of carbonyl (C=O) groups excluding carboxylic acids is 1. The van der Waals surface area contributed by atoms with Gasteiger partial charge in [-0.3, -0.25) is 4.79 Å². The third-order valence-electron chi connectivity index (χ3n) is 3.29. The van der Waals surface area contributed by atoms with Crippen LogP contribution in [-0.4, -0.2) is 27.2 Å². The Labute approximate surface area is 136 Å². The van der Waals surface area contributed by atoms with Crippen molar-refractivity contribution in [3.05, 3.63) is 59.7 Å². The molecule has 0 aliphatic carbocycles. The Morgan fingerprint density at radius 2 is 1.87 bits per heavy atom. The number of para-hydroxylation sites is 1. The lowest BCUT2D eigenvalue weighted by molar-refractivity contribution is -0.113. The van der Waals surface area contributed by atoms with Gasteiger partial charge in [0, 0.05) is 5.69 Å². The van der Waals surface area contributed by atoms with Crippen molar-refractivity contribution in [3.8, 4) is 5.75 Å². The molecule has 2 rings (SSSR count). The first kappa shape index (κ1) is 17.0. The molecule has 0 unspecified atom stereocenters. The van der Waals surface area contributed by atoms with Crippen molar-refractivity contribution < 1.29 is 17.9 Å². The van der Waals surface area contributed by atoms with Gasteiger partial charge in [0.15, 0.2) is 9.84 Å². The molecular formula is C17H19NO4S. The van der Waals surface area contributed by atoms with E-state index in [1.165, 1.54) is 7.11 Å². The summed E-state index contributed by atoms with van der Waals surface area (Å²) in [5.41, 5.74) is 2.09. The molecule has 0 saturated carbocycles. The Morgan fingerprint density at radius 3 is 2.57 bits per heavy atom. The Hall–Kier alpha value is -2.34. The van der Waals surface area contributed by atoms with Gasteiger partial charge in [0.2, 0.25) is 5.91 Å². The maximum absolute atomic E-state index is 12.2. The highest BCUT2D eigenvalue weighted by atomic mass is 32.2. The number of ether oxygens (including phenoxy) is 1. The van der Waals surface area contributed by atoms with Crippen LogP contribution in [0.5, 0.6) is 5.75 Å². The highest BCUT2D eigenvalue weighted by Gasteiger charge is 2.18. The maximum atomic E-state index is 12.2. The predicted octanol–water partition coefficient (Wildman–Crippen LogP) is 2.56. The second-order valence-electron chi connectivity index (χ2n) is 5.25. The lowest BCUT2D eigenvalue weighted by atomic mass is 10.2. The van der Waals surface area contributed by atoms with E-state index in [1.54, 1.807) is 36.4 Å². The van der Waals surface area contributed by atoms with Crippen LogP contribution in [0.15, 0.2) is 48.5 Å². The zero-order chi connectivity index (χ0) is 16.9.